The number of hydrogen-bond acceptors (Lipinski definition) is 5. The van der Waals surface area contributed by atoms with Crippen molar-refractivity contribution in [3.8, 4) is 28.8 Å². The van der Waals surface area contributed by atoms with E-state index in [0.717, 1.165) is 5.56 Å². The molecule has 6 heteroatoms. The zero-order valence-corrected chi connectivity index (χ0v) is 12.6. The van der Waals surface area contributed by atoms with Crippen LogP contribution in [0.4, 0.5) is 0 Å². The van der Waals surface area contributed by atoms with Gasteiger partial charge in [0.1, 0.15) is 11.8 Å². The first-order valence-electron chi connectivity index (χ1n) is 6.66. The van der Waals surface area contributed by atoms with Crippen LogP contribution in [0.5, 0.6) is 11.5 Å². The third-order valence-corrected chi connectivity index (χ3v) is 3.04. The van der Waals surface area contributed by atoms with Gasteiger partial charge in [-0.15, -0.1) is 5.10 Å². The van der Waals surface area contributed by atoms with E-state index in [-0.39, 0.29) is 0 Å². The lowest BCUT2D eigenvalue weighted by Gasteiger charge is -2.12. The lowest BCUT2D eigenvalue weighted by Crippen LogP contribution is -2.08. The van der Waals surface area contributed by atoms with Crippen LogP contribution in [0.25, 0.3) is 11.3 Å². The highest BCUT2D eigenvalue weighted by atomic mass is 16.5. The molecule has 0 aliphatic heterocycles. The second-order valence-electron chi connectivity index (χ2n) is 5.04. The molecule has 21 heavy (non-hydrogen) atoms. The van der Waals surface area contributed by atoms with Crippen LogP contribution < -0.4 is 9.47 Å². The fraction of sp³-hybridized carbons (Fsp3) is 0.400. The summed E-state index contributed by atoms with van der Waals surface area (Å²) in [5.74, 6) is 1.65. The minimum atomic E-state index is 0.308. The van der Waals surface area contributed by atoms with E-state index in [0.29, 0.717) is 35.3 Å². The zero-order valence-electron chi connectivity index (χ0n) is 12.6. The average Bonchev–Trinajstić information content (AvgIpc) is 2.88. The predicted octanol–water partition coefficient (Wildman–Crippen LogP) is 2.49. The predicted molar refractivity (Wildman–Crippen MR) is 78.1 cm³/mol. The van der Waals surface area contributed by atoms with Gasteiger partial charge in [0.05, 0.1) is 14.2 Å². The summed E-state index contributed by atoms with van der Waals surface area (Å²) in [5, 5.41) is 17.2. The monoisotopic (exact) mass is 286 g/mol. The van der Waals surface area contributed by atoms with Crippen LogP contribution in [0.2, 0.25) is 0 Å². The lowest BCUT2D eigenvalue weighted by molar-refractivity contribution is 0.355. The number of ether oxygens (including phenoxy) is 2. The molecule has 0 aliphatic carbocycles. The first-order chi connectivity index (χ1) is 10.1. The molecule has 0 aliphatic rings. The molecule has 1 aromatic heterocycles. The summed E-state index contributed by atoms with van der Waals surface area (Å²) in [5.41, 5.74) is 1.84. The Balaban J connectivity index is 2.55. The van der Waals surface area contributed by atoms with Gasteiger partial charge in [0.25, 0.3) is 0 Å². The Bertz CT molecular complexity index is 671. The molecule has 0 saturated heterocycles. The number of nitriles is 1. The van der Waals surface area contributed by atoms with Gasteiger partial charge in [0.2, 0.25) is 0 Å². The van der Waals surface area contributed by atoms with Gasteiger partial charge in [0.15, 0.2) is 17.2 Å². The Labute approximate surface area is 123 Å². The third kappa shape index (κ3) is 2.97. The van der Waals surface area contributed by atoms with Crippen molar-refractivity contribution < 1.29 is 9.47 Å². The summed E-state index contributed by atoms with van der Waals surface area (Å²) < 4.78 is 12.3. The van der Waals surface area contributed by atoms with E-state index >= 15 is 0 Å². The molecule has 0 spiro atoms. The summed E-state index contributed by atoms with van der Waals surface area (Å²) in [6.07, 6.45) is 0. The highest BCUT2D eigenvalue weighted by Crippen LogP contribution is 2.33. The smallest absolute Gasteiger partial charge is 0.190 e. The van der Waals surface area contributed by atoms with Crippen molar-refractivity contribution in [1.82, 2.24) is 15.0 Å². The van der Waals surface area contributed by atoms with Gasteiger partial charge in [-0.2, -0.15) is 5.26 Å². The average molecular weight is 286 g/mol. The number of methoxy groups -OCH3 is 2. The topological polar surface area (TPSA) is 73.0 Å². The molecular formula is C15H18N4O2. The van der Waals surface area contributed by atoms with Crippen LogP contribution in [0.3, 0.4) is 0 Å². The maximum atomic E-state index is 9.23. The van der Waals surface area contributed by atoms with Gasteiger partial charge in [-0.1, -0.05) is 19.1 Å². The lowest BCUT2D eigenvalue weighted by atomic mass is 10.1. The molecule has 0 bridgehead atoms. The van der Waals surface area contributed by atoms with Gasteiger partial charge >= 0.3 is 0 Å². The Morgan fingerprint density at radius 2 is 1.95 bits per heavy atom. The van der Waals surface area contributed by atoms with Crippen LogP contribution in [0.1, 0.15) is 19.5 Å². The molecule has 0 fully saturated rings. The molecule has 0 atom stereocenters. The number of aromatic nitrogens is 3. The highest BCUT2D eigenvalue weighted by molar-refractivity contribution is 5.68. The quantitative estimate of drug-likeness (QED) is 0.844. The van der Waals surface area contributed by atoms with Gasteiger partial charge in [-0.05, 0) is 24.1 Å². The summed E-state index contributed by atoms with van der Waals surface area (Å²) >= 11 is 0. The molecule has 2 aromatic rings. The minimum Gasteiger partial charge on any atom is -0.493 e. The van der Waals surface area contributed by atoms with Crippen molar-refractivity contribution >= 4 is 0 Å². The Morgan fingerprint density at radius 3 is 2.52 bits per heavy atom. The maximum Gasteiger partial charge on any atom is 0.190 e. The fourth-order valence-corrected chi connectivity index (χ4v) is 2.13. The fourth-order valence-electron chi connectivity index (χ4n) is 2.13. The molecule has 1 aromatic carbocycles. The summed E-state index contributed by atoms with van der Waals surface area (Å²) in [7, 11) is 3.17. The van der Waals surface area contributed by atoms with Crippen molar-refractivity contribution in [2.24, 2.45) is 5.92 Å². The maximum absolute atomic E-state index is 9.23. The standard InChI is InChI=1S/C15H18N4O2/c1-10(2)9-19-15(12(8-16)17-18-19)11-5-6-13(20-3)14(7-11)21-4/h5-7,10H,9H2,1-4H3. The minimum absolute atomic E-state index is 0.308. The molecule has 0 unspecified atom stereocenters. The van der Waals surface area contributed by atoms with E-state index in [1.807, 2.05) is 18.2 Å². The van der Waals surface area contributed by atoms with Crippen molar-refractivity contribution in [3.05, 3.63) is 23.9 Å². The van der Waals surface area contributed by atoms with Gasteiger partial charge in [-0.25, -0.2) is 4.68 Å². The highest BCUT2D eigenvalue weighted by Gasteiger charge is 2.17. The third-order valence-electron chi connectivity index (χ3n) is 3.04. The Kier molecular flexibility index (Phi) is 4.43. The van der Waals surface area contributed by atoms with Crippen LogP contribution in [0, 0.1) is 17.2 Å². The summed E-state index contributed by atoms with van der Waals surface area (Å²) in [6.45, 7) is 4.87. The van der Waals surface area contributed by atoms with E-state index in [1.165, 1.54) is 0 Å². The number of hydrogen-bond donors (Lipinski definition) is 0. The molecule has 0 radical (unpaired) electrons. The van der Waals surface area contributed by atoms with E-state index in [9.17, 15) is 5.26 Å². The van der Waals surface area contributed by atoms with E-state index in [1.54, 1.807) is 18.9 Å². The van der Waals surface area contributed by atoms with E-state index in [4.69, 9.17) is 9.47 Å². The SMILES string of the molecule is COc1ccc(-c2c(C#N)nnn2CC(C)C)cc1OC. The van der Waals surface area contributed by atoms with Crippen LogP contribution >= 0.6 is 0 Å². The van der Waals surface area contributed by atoms with Gasteiger partial charge in [0, 0.05) is 12.1 Å². The molecule has 2 rings (SSSR count). The zero-order chi connectivity index (χ0) is 15.4. The van der Waals surface area contributed by atoms with Crippen molar-refractivity contribution in [1.29, 1.82) is 5.26 Å². The number of nitrogens with zero attached hydrogens (tertiary/aromatic N) is 4. The molecule has 0 saturated carbocycles. The summed E-state index contributed by atoms with van der Waals surface area (Å²) in [4.78, 5) is 0. The summed E-state index contributed by atoms with van der Waals surface area (Å²) in [6, 6.07) is 7.60. The van der Waals surface area contributed by atoms with Gasteiger partial charge in [-0.3, -0.25) is 0 Å². The number of rotatable bonds is 5. The number of benzene rings is 1. The first-order valence-corrected chi connectivity index (χ1v) is 6.66. The Hall–Kier alpha value is -2.55. The van der Waals surface area contributed by atoms with Crippen LogP contribution in [-0.2, 0) is 6.54 Å². The van der Waals surface area contributed by atoms with Crippen LogP contribution in [-0.4, -0.2) is 29.2 Å². The first kappa shape index (κ1) is 14.9. The van der Waals surface area contributed by atoms with Crippen LogP contribution in [0.15, 0.2) is 18.2 Å². The van der Waals surface area contributed by atoms with Crippen molar-refractivity contribution in [2.45, 2.75) is 20.4 Å². The largest absolute Gasteiger partial charge is 0.493 e. The van der Waals surface area contributed by atoms with E-state index < -0.39 is 0 Å². The van der Waals surface area contributed by atoms with Crippen molar-refractivity contribution in [2.75, 3.05) is 14.2 Å². The molecule has 6 nitrogen and oxygen atoms in total. The van der Waals surface area contributed by atoms with Crippen molar-refractivity contribution in [3.63, 3.8) is 0 Å². The molecular weight excluding hydrogens is 268 g/mol. The molecule has 110 valence electrons. The van der Waals surface area contributed by atoms with E-state index in [2.05, 4.69) is 30.2 Å². The normalized spacial score (nSPS) is 10.5. The second kappa shape index (κ2) is 6.27. The Morgan fingerprint density at radius 1 is 1.24 bits per heavy atom. The molecule has 0 amide bonds. The van der Waals surface area contributed by atoms with Gasteiger partial charge < -0.3 is 9.47 Å². The molecule has 1 heterocycles. The molecule has 0 N–H and O–H groups in total. The second-order valence-corrected chi connectivity index (χ2v) is 5.04.